The zero-order valence-electron chi connectivity index (χ0n) is 16.4. The Morgan fingerprint density at radius 1 is 1.27 bits per heavy atom. The van der Waals surface area contributed by atoms with Gasteiger partial charge in [-0.15, -0.1) is 0 Å². The molecule has 0 radical (unpaired) electrons. The van der Waals surface area contributed by atoms with E-state index in [9.17, 15) is 9.18 Å². The van der Waals surface area contributed by atoms with Crippen LogP contribution in [0.3, 0.4) is 0 Å². The van der Waals surface area contributed by atoms with E-state index in [2.05, 4.69) is 27.8 Å². The van der Waals surface area contributed by atoms with Gasteiger partial charge in [-0.3, -0.25) is 10.2 Å². The summed E-state index contributed by atoms with van der Waals surface area (Å²) in [4.78, 5) is 18.4. The Hall–Kier alpha value is -3.23. The molecular formula is C22H21FN4O2S. The highest BCUT2D eigenvalue weighted by Gasteiger charge is 2.15. The maximum absolute atomic E-state index is 13.3. The summed E-state index contributed by atoms with van der Waals surface area (Å²) in [6, 6.07) is 13.5. The van der Waals surface area contributed by atoms with Gasteiger partial charge >= 0.3 is 6.03 Å². The Kier molecular flexibility index (Phi) is 6.06. The molecule has 0 spiro atoms. The molecule has 1 aliphatic heterocycles. The molecule has 0 fully saturated rings. The van der Waals surface area contributed by atoms with Gasteiger partial charge in [-0.1, -0.05) is 35.6 Å². The van der Waals surface area contributed by atoms with Crippen molar-refractivity contribution < 1.29 is 13.9 Å². The number of anilines is 2. The van der Waals surface area contributed by atoms with Gasteiger partial charge in [0.15, 0.2) is 5.13 Å². The maximum atomic E-state index is 13.3. The summed E-state index contributed by atoms with van der Waals surface area (Å²) in [6.07, 6.45) is 4.64. The summed E-state index contributed by atoms with van der Waals surface area (Å²) in [7, 11) is 1.71. The highest BCUT2D eigenvalue weighted by Crippen LogP contribution is 2.31. The zero-order valence-corrected chi connectivity index (χ0v) is 17.2. The van der Waals surface area contributed by atoms with Crippen molar-refractivity contribution in [2.24, 2.45) is 0 Å². The second-order valence-corrected chi connectivity index (χ2v) is 7.76. The molecule has 8 heteroatoms. The van der Waals surface area contributed by atoms with E-state index in [-0.39, 0.29) is 11.8 Å². The third kappa shape index (κ3) is 4.84. The molecule has 2 N–H and O–H groups in total. The minimum atomic E-state index is -0.380. The second kappa shape index (κ2) is 9.06. The quantitative estimate of drug-likeness (QED) is 0.597. The van der Waals surface area contributed by atoms with Crippen molar-refractivity contribution >= 4 is 33.8 Å². The van der Waals surface area contributed by atoms with Crippen LogP contribution in [-0.4, -0.2) is 31.2 Å². The van der Waals surface area contributed by atoms with E-state index in [1.54, 1.807) is 24.1 Å². The molecule has 0 bridgehead atoms. The molecule has 30 heavy (non-hydrogen) atoms. The predicted octanol–water partition coefficient (Wildman–Crippen LogP) is 5.12. The number of ether oxygens (including phenoxy) is 1. The van der Waals surface area contributed by atoms with Crippen LogP contribution < -0.4 is 20.3 Å². The molecule has 2 heterocycles. The van der Waals surface area contributed by atoms with Crippen LogP contribution >= 0.6 is 11.3 Å². The first-order valence-corrected chi connectivity index (χ1v) is 10.3. The largest absolute Gasteiger partial charge is 0.445 e. The maximum Gasteiger partial charge on any atom is 0.327 e. The average Bonchev–Trinajstić information content (AvgIpc) is 3.20. The fraction of sp³-hybridized carbons (Fsp3) is 0.182. The van der Waals surface area contributed by atoms with E-state index in [1.165, 1.54) is 35.2 Å². The SMILES string of the molecule is CN(C(=O)Nc1ncc(Oc2cccc(F)c2)s1)c1cccc(C2=CCNCC2)c1. The monoisotopic (exact) mass is 424 g/mol. The van der Waals surface area contributed by atoms with Gasteiger partial charge in [0, 0.05) is 25.3 Å². The lowest BCUT2D eigenvalue weighted by Gasteiger charge is -2.20. The lowest BCUT2D eigenvalue weighted by atomic mass is 10.00. The molecule has 2 amide bonds. The number of rotatable bonds is 5. The lowest BCUT2D eigenvalue weighted by molar-refractivity contribution is 0.258. The minimum Gasteiger partial charge on any atom is -0.445 e. The molecule has 0 aliphatic carbocycles. The van der Waals surface area contributed by atoms with Gasteiger partial charge in [0.05, 0.1) is 6.20 Å². The van der Waals surface area contributed by atoms with Crippen LogP contribution in [0.1, 0.15) is 12.0 Å². The number of amides is 2. The highest BCUT2D eigenvalue weighted by atomic mass is 32.1. The summed E-state index contributed by atoms with van der Waals surface area (Å²) < 4.78 is 18.9. The minimum absolute atomic E-state index is 0.307. The van der Waals surface area contributed by atoms with Crippen molar-refractivity contribution in [3.8, 4) is 10.8 Å². The third-order valence-electron chi connectivity index (χ3n) is 4.69. The normalized spacial score (nSPS) is 13.5. The van der Waals surface area contributed by atoms with Crippen LogP contribution in [0, 0.1) is 5.82 Å². The molecular weight excluding hydrogens is 403 g/mol. The Morgan fingerprint density at radius 3 is 2.93 bits per heavy atom. The van der Waals surface area contributed by atoms with Gasteiger partial charge in [0.25, 0.3) is 0 Å². The van der Waals surface area contributed by atoms with Gasteiger partial charge < -0.3 is 10.1 Å². The first kappa shape index (κ1) is 20.1. The van der Waals surface area contributed by atoms with Gasteiger partial charge in [-0.05, 0) is 48.4 Å². The number of hydrogen-bond acceptors (Lipinski definition) is 5. The van der Waals surface area contributed by atoms with Crippen LogP contribution in [0.25, 0.3) is 5.57 Å². The Bertz CT molecular complexity index is 1080. The average molecular weight is 425 g/mol. The second-order valence-electron chi connectivity index (χ2n) is 6.77. The number of benzene rings is 2. The fourth-order valence-electron chi connectivity index (χ4n) is 3.10. The number of carbonyl (C=O) groups excluding carboxylic acids is 1. The van der Waals surface area contributed by atoms with Crippen LogP contribution in [0.2, 0.25) is 0 Å². The van der Waals surface area contributed by atoms with Crippen LogP contribution in [-0.2, 0) is 0 Å². The first-order chi connectivity index (χ1) is 14.6. The van der Waals surface area contributed by atoms with Crippen molar-refractivity contribution in [1.29, 1.82) is 0 Å². The number of thiazole rings is 1. The highest BCUT2D eigenvalue weighted by molar-refractivity contribution is 7.17. The molecule has 0 saturated carbocycles. The molecule has 3 aromatic rings. The topological polar surface area (TPSA) is 66.5 Å². The van der Waals surface area contributed by atoms with Crippen LogP contribution in [0.5, 0.6) is 10.8 Å². The summed E-state index contributed by atoms with van der Waals surface area (Å²) in [5, 5.41) is 6.93. The summed E-state index contributed by atoms with van der Waals surface area (Å²) in [5.41, 5.74) is 3.19. The molecule has 0 unspecified atom stereocenters. The Labute approximate surface area is 178 Å². The zero-order chi connectivity index (χ0) is 20.9. The third-order valence-corrected chi connectivity index (χ3v) is 5.48. The van der Waals surface area contributed by atoms with Gasteiger partial charge in [-0.2, -0.15) is 0 Å². The summed E-state index contributed by atoms with van der Waals surface area (Å²) in [5.74, 6) is -0.00710. The van der Waals surface area contributed by atoms with Gasteiger partial charge in [0.2, 0.25) is 5.06 Å². The van der Waals surface area contributed by atoms with Crippen molar-refractivity contribution in [3.63, 3.8) is 0 Å². The fourth-order valence-corrected chi connectivity index (χ4v) is 3.78. The standard InChI is InChI=1S/C22H21FN4O2S/c1-27(18-6-2-4-16(12-18)15-8-10-24-11-9-15)22(28)26-21-25-14-20(30-21)29-19-7-3-5-17(23)13-19/h2-8,12-14,24H,9-11H2,1H3,(H,25,26,28). The number of nitrogens with zero attached hydrogens (tertiary/aromatic N) is 2. The first-order valence-electron chi connectivity index (χ1n) is 9.52. The van der Waals surface area contributed by atoms with Crippen LogP contribution in [0.15, 0.2) is 60.8 Å². The van der Waals surface area contributed by atoms with E-state index < -0.39 is 0 Å². The molecule has 154 valence electrons. The van der Waals surface area contributed by atoms with Crippen molar-refractivity contribution in [3.05, 3.63) is 72.2 Å². The number of urea groups is 1. The van der Waals surface area contributed by atoms with E-state index in [4.69, 9.17) is 4.74 Å². The molecule has 6 nitrogen and oxygen atoms in total. The van der Waals surface area contributed by atoms with E-state index >= 15 is 0 Å². The van der Waals surface area contributed by atoms with E-state index in [0.717, 1.165) is 30.8 Å². The Balaban J connectivity index is 1.41. The van der Waals surface area contributed by atoms with E-state index in [0.29, 0.717) is 15.9 Å². The van der Waals surface area contributed by atoms with Gasteiger partial charge in [-0.25, -0.2) is 14.2 Å². The summed E-state index contributed by atoms with van der Waals surface area (Å²) >= 11 is 1.17. The molecule has 0 atom stereocenters. The van der Waals surface area contributed by atoms with Crippen molar-refractivity contribution in [1.82, 2.24) is 10.3 Å². The summed E-state index contributed by atoms with van der Waals surface area (Å²) in [6.45, 7) is 1.82. The smallest absolute Gasteiger partial charge is 0.327 e. The van der Waals surface area contributed by atoms with E-state index in [1.807, 2.05) is 18.2 Å². The van der Waals surface area contributed by atoms with Crippen molar-refractivity contribution in [2.75, 3.05) is 30.4 Å². The number of carbonyl (C=O) groups is 1. The number of hydrogen-bond donors (Lipinski definition) is 2. The predicted molar refractivity (Wildman–Crippen MR) is 118 cm³/mol. The molecule has 4 rings (SSSR count). The molecule has 1 aromatic heterocycles. The van der Waals surface area contributed by atoms with Crippen molar-refractivity contribution in [2.45, 2.75) is 6.42 Å². The molecule has 0 saturated heterocycles. The number of halogens is 1. The van der Waals surface area contributed by atoms with Crippen LogP contribution in [0.4, 0.5) is 20.0 Å². The number of nitrogens with one attached hydrogen (secondary N) is 2. The number of aromatic nitrogens is 1. The molecule has 2 aromatic carbocycles. The molecule has 1 aliphatic rings. The lowest BCUT2D eigenvalue weighted by Crippen LogP contribution is -2.31. The van der Waals surface area contributed by atoms with Gasteiger partial charge in [0.1, 0.15) is 11.6 Å². The Morgan fingerprint density at radius 2 is 2.13 bits per heavy atom.